The van der Waals surface area contributed by atoms with E-state index in [0.717, 1.165) is 11.6 Å². The first-order valence-corrected chi connectivity index (χ1v) is 12.6. The van der Waals surface area contributed by atoms with Crippen molar-refractivity contribution >= 4 is 23.3 Å². The maximum atomic E-state index is 13.8. The highest BCUT2D eigenvalue weighted by atomic mass is 16.7. The molecule has 3 aliphatic rings. The van der Waals surface area contributed by atoms with Crippen LogP contribution >= 0.6 is 0 Å². The third kappa shape index (κ3) is 4.14. The van der Waals surface area contributed by atoms with Gasteiger partial charge in [0, 0.05) is 36.8 Å². The molecule has 0 saturated carbocycles. The molecule has 1 atom stereocenters. The normalized spacial score (nSPS) is 19.9. The highest BCUT2D eigenvalue weighted by molar-refractivity contribution is 6.31. The Balaban J connectivity index is 1.31. The summed E-state index contributed by atoms with van der Waals surface area (Å²) in [5, 5.41) is 27.2. The molecular weight excluding hydrogens is 520 g/mol. The van der Waals surface area contributed by atoms with Crippen LogP contribution in [0.1, 0.15) is 54.2 Å². The molecule has 0 aromatic heterocycles. The summed E-state index contributed by atoms with van der Waals surface area (Å²) >= 11 is 0. The molecule has 208 valence electrons. The van der Waals surface area contributed by atoms with Gasteiger partial charge in [0.15, 0.2) is 28.8 Å². The van der Waals surface area contributed by atoms with Crippen LogP contribution in [0.25, 0.3) is 0 Å². The zero-order chi connectivity index (χ0) is 28.9. The number of amides is 1. The number of allylic oxidation sites excluding steroid dienone is 4. The lowest BCUT2D eigenvalue weighted by Crippen LogP contribution is -2.41. The molecular formula is C29H28N2O9. The van der Waals surface area contributed by atoms with E-state index in [2.05, 4.69) is 10.6 Å². The van der Waals surface area contributed by atoms with Crippen LogP contribution in [-0.2, 0) is 26.3 Å². The number of rotatable bonds is 7. The summed E-state index contributed by atoms with van der Waals surface area (Å²) in [5.74, 6) is -1.78. The predicted octanol–water partition coefficient (Wildman–Crippen LogP) is 2.59. The van der Waals surface area contributed by atoms with Crippen molar-refractivity contribution in [3.05, 3.63) is 63.6 Å². The van der Waals surface area contributed by atoms with E-state index in [0.29, 0.717) is 18.0 Å². The number of carbonyl (C=O) groups is 4. The Hall–Kier alpha value is -4.80. The molecule has 0 saturated heterocycles. The highest BCUT2D eigenvalue weighted by Gasteiger charge is 2.56. The Morgan fingerprint density at radius 1 is 1.05 bits per heavy atom. The van der Waals surface area contributed by atoms with Crippen LogP contribution in [0.15, 0.2) is 41.3 Å². The molecule has 1 amide bonds. The van der Waals surface area contributed by atoms with Gasteiger partial charge in [-0.1, -0.05) is 6.07 Å². The Bertz CT molecular complexity index is 1570. The fourth-order valence-electron chi connectivity index (χ4n) is 5.15. The van der Waals surface area contributed by atoms with Crippen molar-refractivity contribution < 1.29 is 43.6 Å². The first-order chi connectivity index (χ1) is 18.9. The van der Waals surface area contributed by atoms with Crippen LogP contribution in [0.5, 0.6) is 28.7 Å². The molecule has 11 heteroatoms. The number of hydrogen-bond donors (Lipinski definition) is 4. The van der Waals surface area contributed by atoms with Gasteiger partial charge in [0.05, 0.1) is 11.1 Å². The number of Topliss-reactive ketones (excluding diaryl/α,β-unsaturated/α-hetero) is 2. The van der Waals surface area contributed by atoms with Gasteiger partial charge in [0.1, 0.15) is 34.0 Å². The quantitative estimate of drug-likeness (QED) is 0.230. The molecule has 0 radical (unpaired) electrons. The van der Waals surface area contributed by atoms with E-state index < -0.39 is 34.3 Å². The summed E-state index contributed by atoms with van der Waals surface area (Å²) in [4.78, 5) is 51.5. The lowest BCUT2D eigenvalue weighted by atomic mass is 9.70. The molecule has 2 aromatic rings. The fraction of sp³-hybridized carbons (Fsp3) is 0.310. The monoisotopic (exact) mass is 548 g/mol. The van der Waals surface area contributed by atoms with E-state index in [-0.39, 0.29) is 65.1 Å². The van der Waals surface area contributed by atoms with Crippen molar-refractivity contribution in [2.75, 3.05) is 13.3 Å². The molecule has 0 bridgehead atoms. The predicted molar refractivity (Wildman–Crippen MR) is 140 cm³/mol. The van der Waals surface area contributed by atoms with E-state index >= 15 is 0 Å². The SMILES string of the molecule is CC(=O)c1c(O)c(C)c(O)c2c1OC1=CC(=O)/C(=C(/C)NCCC(=O)NCc3ccc4c(c3)OCO4)C(=O)[C@]12C. The number of phenols is 2. The van der Waals surface area contributed by atoms with Crippen molar-refractivity contribution in [1.29, 1.82) is 0 Å². The Morgan fingerprint density at radius 2 is 1.77 bits per heavy atom. The van der Waals surface area contributed by atoms with Gasteiger partial charge in [0.25, 0.3) is 0 Å². The number of ether oxygens (including phenoxy) is 3. The smallest absolute Gasteiger partial charge is 0.231 e. The Kier molecular flexibility index (Phi) is 6.53. The van der Waals surface area contributed by atoms with E-state index in [1.165, 1.54) is 20.8 Å². The summed E-state index contributed by atoms with van der Waals surface area (Å²) < 4.78 is 16.4. The van der Waals surface area contributed by atoms with Crippen LogP contribution in [0.2, 0.25) is 0 Å². The Labute approximate surface area is 229 Å². The van der Waals surface area contributed by atoms with Gasteiger partial charge in [0.2, 0.25) is 12.7 Å². The lowest BCUT2D eigenvalue weighted by molar-refractivity contribution is -0.124. The van der Waals surface area contributed by atoms with Crippen LogP contribution in [0, 0.1) is 6.92 Å². The van der Waals surface area contributed by atoms with Gasteiger partial charge in [-0.15, -0.1) is 0 Å². The number of ketones is 3. The summed E-state index contributed by atoms with van der Waals surface area (Å²) in [7, 11) is 0. The molecule has 11 nitrogen and oxygen atoms in total. The molecule has 5 rings (SSSR count). The maximum absolute atomic E-state index is 13.8. The molecule has 0 fully saturated rings. The van der Waals surface area contributed by atoms with Gasteiger partial charge in [-0.2, -0.15) is 0 Å². The standard InChI is InChI=1S/C29H28N2O9/c1-13-25(35)23(15(3)32)27-24(26(13)36)29(4)20(40-27)10-17(33)22(28(29)37)14(2)30-8-7-21(34)31-11-16-5-6-18-19(9-16)39-12-38-18/h5-6,9-10,30,35-36H,7-8,11-12H2,1-4H3,(H,31,34)/b22-14+/t29-/m1/s1. The summed E-state index contributed by atoms with van der Waals surface area (Å²) in [6.07, 6.45) is 1.22. The number of phenolic OH excluding ortho intramolecular Hbond substituents is 2. The van der Waals surface area contributed by atoms with Crippen LogP contribution in [0.4, 0.5) is 0 Å². The molecule has 2 aliphatic heterocycles. The molecule has 4 N–H and O–H groups in total. The van der Waals surface area contributed by atoms with Crippen molar-refractivity contribution in [2.24, 2.45) is 0 Å². The third-order valence-electron chi connectivity index (χ3n) is 7.43. The number of hydrogen-bond acceptors (Lipinski definition) is 10. The number of benzene rings is 2. The van der Waals surface area contributed by atoms with E-state index in [4.69, 9.17) is 14.2 Å². The minimum atomic E-state index is -1.60. The minimum absolute atomic E-state index is 0.0185. The minimum Gasteiger partial charge on any atom is -0.507 e. The van der Waals surface area contributed by atoms with Gasteiger partial charge in [-0.3, -0.25) is 19.2 Å². The number of aromatic hydroxyl groups is 2. The Morgan fingerprint density at radius 3 is 2.50 bits per heavy atom. The number of carbonyl (C=O) groups excluding carboxylic acids is 4. The average molecular weight is 549 g/mol. The van der Waals surface area contributed by atoms with Crippen molar-refractivity contribution in [1.82, 2.24) is 10.6 Å². The van der Waals surface area contributed by atoms with Gasteiger partial charge >= 0.3 is 0 Å². The van der Waals surface area contributed by atoms with E-state index in [9.17, 15) is 29.4 Å². The van der Waals surface area contributed by atoms with Gasteiger partial charge in [-0.05, 0) is 45.4 Å². The van der Waals surface area contributed by atoms with Crippen molar-refractivity contribution in [3.8, 4) is 28.7 Å². The number of fused-ring (bicyclic) bond motifs is 4. The molecule has 2 heterocycles. The zero-order valence-corrected chi connectivity index (χ0v) is 22.4. The summed E-state index contributed by atoms with van der Waals surface area (Å²) in [5.41, 5.74) is -0.790. The van der Waals surface area contributed by atoms with Gasteiger partial charge in [-0.25, -0.2) is 0 Å². The molecule has 0 spiro atoms. The highest BCUT2D eigenvalue weighted by Crippen LogP contribution is 2.57. The van der Waals surface area contributed by atoms with Crippen LogP contribution < -0.4 is 24.8 Å². The average Bonchev–Trinajstić information content (AvgIpc) is 3.48. The second-order valence-electron chi connectivity index (χ2n) is 10.0. The molecule has 1 aliphatic carbocycles. The second-order valence-corrected chi connectivity index (χ2v) is 10.0. The van der Waals surface area contributed by atoms with E-state index in [1.54, 1.807) is 19.1 Å². The van der Waals surface area contributed by atoms with E-state index in [1.807, 2.05) is 6.07 Å². The largest absolute Gasteiger partial charge is 0.507 e. The molecule has 2 aromatic carbocycles. The number of nitrogens with one attached hydrogen (secondary N) is 2. The van der Waals surface area contributed by atoms with Gasteiger partial charge < -0.3 is 35.1 Å². The van der Waals surface area contributed by atoms with Crippen molar-refractivity contribution in [3.63, 3.8) is 0 Å². The lowest BCUT2D eigenvalue weighted by Gasteiger charge is -2.29. The first kappa shape index (κ1) is 26.8. The maximum Gasteiger partial charge on any atom is 0.231 e. The fourth-order valence-corrected chi connectivity index (χ4v) is 5.15. The zero-order valence-electron chi connectivity index (χ0n) is 22.4. The van der Waals surface area contributed by atoms with Crippen LogP contribution in [0.3, 0.4) is 0 Å². The summed E-state index contributed by atoms with van der Waals surface area (Å²) in [6, 6.07) is 5.40. The topological polar surface area (TPSA) is 160 Å². The second kappa shape index (κ2) is 9.74. The summed E-state index contributed by atoms with van der Waals surface area (Å²) in [6.45, 7) is 6.30. The van der Waals surface area contributed by atoms with Crippen molar-refractivity contribution in [2.45, 2.75) is 46.1 Å². The van der Waals surface area contributed by atoms with Crippen LogP contribution in [-0.4, -0.2) is 46.8 Å². The molecule has 40 heavy (non-hydrogen) atoms. The first-order valence-electron chi connectivity index (χ1n) is 12.6. The molecule has 0 unspecified atom stereocenters. The third-order valence-corrected chi connectivity index (χ3v) is 7.43.